The summed E-state index contributed by atoms with van der Waals surface area (Å²) in [6, 6.07) is 0. The van der Waals surface area contributed by atoms with Gasteiger partial charge in [0, 0.05) is 6.61 Å². The van der Waals surface area contributed by atoms with E-state index in [0.29, 0.717) is 0 Å². The normalized spacial score (nSPS) is 10.2. The van der Waals surface area contributed by atoms with Gasteiger partial charge < -0.3 is 5.11 Å². The summed E-state index contributed by atoms with van der Waals surface area (Å²) < 4.78 is 0. The van der Waals surface area contributed by atoms with E-state index in [9.17, 15) is 0 Å². The molecule has 0 aliphatic heterocycles. The van der Waals surface area contributed by atoms with E-state index in [1.165, 1.54) is 96.3 Å². The maximum Gasteiger partial charge on any atom is 0.0402 e. The maximum absolute atomic E-state index is 7.57. The van der Waals surface area contributed by atoms with Crippen molar-refractivity contribution in [1.29, 1.82) is 0 Å². The Morgan fingerprint density at radius 3 is 0.700 bits per heavy atom. The van der Waals surface area contributed by atoms with Crippen molar-refractivity contribution in [2.75, 3.05) is 6.61 Å². The van der Waals surface area contributed by atoms with Crippen LogP contribution in [0.1, 0.15) is 117 Å². The summed E-state index contributed by atoms with van der Waals surface area (Å²) in [5.74, 6) is 0. The van der Waals surface area contributed by atoms with Gasteiger partial charge >= 0.3 is 0 Å². The largest absolute Gasteiger partial charge is 0.397 e. The van der Waals surface area contributed by atoms with Gasteiger partial charge in [0.05, 0.1) is 0 Å². The summed E-state index contributed by atoms with van der Waals surface area (Å²) in [4.78, 5) is 0. The van der Waals surface area contributed by atoms with Crippen molar-refractivity contribution in [3.05, 3.63) is 0 Å². The predicted octanol–water partition coefficient (Wildman–Crippen LogP) is 6.88. The molecule has 0 radical (unpaired) electrons. The predicted molar refractivity (Wildman–Crippen MR) is 93.4 cm³/mol. The lowest BCUT2D eigenvalue weighted by Gasteiger charge is -2.02. The molecule has 124 valence electrons. The van der Waals surface area contributed by atoms with Gasteiger partial charge in [-0.25, -0.2) is 0 Å². The molecule has 0 aromatic heterocycles. The first-order chi connectivity index (χ1) is 9.83. The second-order valence-corrected chi connectivity index (χ2v) is 5.91. The molecule has 0 aliphatic rings. The molecule has 0 rings (SSSR count). The zero-order valence-electron chi connectivity index (χ0n) is 14.8. The van der Waals surface area contributed by atoms with E-state index in [1.54, 1.807) is 6.92 Å². The summed E-state index contributed by atoms with van der Waals surface area (Å²) in [6.07, 6.45) is 21.9. The lowest BCUT2D eigenvalue weighted by atomic mass is 10.0. The molecule has 0 aromatic rings. The third-order valence-corrected chi connectivity index (χ3v) is 3.71. The van der Waals surface area contributed by atoms with E-state index in [4.69, 9.17) is 5.11 Å². The molecule has 0 bridgehead atoms. The Bertz CT molecular complexity index is 120. The van der Waals surface area contributed by atoms with Crippen LogP contribution in [0.5, 0.6) is 0 Å². The fourth-order valence-corrected chi connectivity index (χ4v) is 2.44. The molecule has 0 fully saturated rings. The molecule has 1 heteroatoms. The third kappa shape index (κ3) is 26.5. The van der Waals surface area contributed by atoms with Crippen LogP contribution >= 0.6 is 0 Å². The van der Waals surface area contributed by atoms with Gasteiger partial charge in [0.2, 0.25) is 0 Å². The highest BCUT2D eigenvalue weighted by Gasteiger charge is 1.93. The Hall–Kier alpha value is -0.0400. The quantitative estimate of drug-likeness (QED) is 0.345. The Morgan fingerprint density at radius 2 is 0.550 bits per heavy atom. The first-order valence-corrected chi connectivity index (χ1v) is 9.44. The highest BCUT2D eigenvalue weighted by Crippen LogP contribution is 2.13. The van der Waals surface area contributed by atoms with Gasteiger partial charge in [-0.1, -0.05) is 110 Å². The van der Waals surface area contributed by atoms with Crippen LogP contribution in [-0.4, -0.2) is 11.7 Å². The SMILES string of the molecule is CCCCCCCCCCCCCCCCC.CCO. The summed E-state index contributed by atoms with van der Waals surface area (Å²) in [6.45, 7) is 6.51. The highest BCUT2D eigenvalue weighted by molar-refractivity contribution is 4.48. The molecule has 1 nitrogen and oxygen atoms in total. The Labute approximate surface area is 129 Å². The van der Waals surface area contributed by atoms with E-state index in [0.717, 1.165) is 0 Å². The van der Waals surface area contributed by atoms with E-state index in [2.05, 4.69) is 13.8 Å². The van der Waals surface area contributed by atoms with E-state index >= 15 is 0 Å². The van der Waals surface area contributed by atoms with Gasteiger partial charge in [-0.05, 0) is 6.92 Å². The smallest absolute Gasteiger partial charge is 0.0402 e. The molecule has 0 saturated heterocycles. The number of hydrogen-bond acceptors (Lipinski definition) is 1. The van der Waals surface area contributed by atoms with Crippen LogP contribution in [0.15, 0.2) is 0 Å². The lowest BCUT2D eigenvalue weighted by Crippen LogP contribution is -1.82. The van der Waals surface area contributed by atoms with E-state index in [1.807, 2.05) is 0 Å². The zero-order valence-corrected chi connectivity index (χ0v) is 14.8. The second kappa shape index (κ2) is 24.0. The zero-order chi connectivity index (χ0) is 15.3. The number of rotatable bonds is 14. The number of aliphatic hydroxyl groups is 1. The number of aliphatic hydroxyl groups excluding tert-OH is 1. The van der Waals surface area contributed by atoms with Crippen LogP contribution in [0.25, 0.3) is 0 Å². The average Bonchev–Trinajstić information content (AvgIpc) is 2.45. The van der Waals surface area contributed by atoms with Crippen LogP contribution in [0, 0.1) is 0 Å². The van der Waals surface area contributed by atoms with Crippen molar-refractivity contribution in [1.82, 2.24) is 0 Å². The Kier molecular flexibility index (Phi) is 26.7. The second-order valence-electron chi connectivity index (χ2n) is 5.91. The first kappa shape index (κ1) is 22.2. The van der Waals surface area contributed by atoms with Crippen LogP contribution in [0.3, 0.4) is 0 Å². The van der Waals surface area contributed by atoms with Gasteiger partial charge in [0.15, 0.2) is 0 Å². The molecule has 0 unspecified atom stereocenters. The van der Waals surface area contributed by atoms with Gasteiger partial charge in [-0.15, -0.1) is 0 Å². The molecule has 0 spiro atoms. The molecule has 0 amide bonds. The molecule has 1 N–H and O–H groups in total. The lowest BCUT2D eigenvalue weighted by molar-refractivity contribution is 0.318. The first-order valence-electron chi connectivity index (χ1n) is 9.44. The number of unbranched alkanes of at least 4 members (excludes halogenated alkanes) is 14. The summed E-state index contributed by atoms with van der Waals surface area (Å²) in [5, 5.41) is 7.57. The molecule has 0 aromatic carbocycles. The summed E-state index contributed by atoms with van der Waals surface area (Å²) >= 11 is 0. The van der Waals surface area contributed by atoms with Crippen molar-refractivity contribution in [2.45, 2.75) is 117 Å². The van der Waals surface area contributed by atoms with E-state index in [-0.39, 0.29) is 6.61 Å². The van der Waals surface area contributed by atoms with Crippen LogP contribution in [0.4, 0.5) is 0 Å². The topological polar surface area (TPSA) is 20.2 Å². The Balaban J connectivity index is 0. The third-order valence-electron chi connectivity index (χ3n) is 3.71. The van der Waals surface area contributed by atoms with Crippen molar-refractivity contribution in [3.8, 4) is 0 Å². The molecular weight excluding hydrogens is 244 g/mol. The summed E-state index contributed by atoms with van der Waals surface area (Å²) in [7, 11) is 0. The van der Waals surface area contributed by atoms with Crippen molar-refractivity contribution in [2.24, 2.45) is 0 Å². The van der Waals surface area contributed by atoms with Gasteiger partial charge in [-0.2, -0.15) is 0 Å². The van der Waals surface area contributed by atoms with E-state index < -0.39 is 0 Å². The molecule has 20 heavy (non-hydrogen) atoms. The molecule has 0 heterocycles. The van der Waals surface area contributed by atoms with Gasteiger partial charge in [0.1, 0.15) is 0 Å². The van der Waals surface area contributed by atoms with Crippen LogP contribution in [0.2, 0.25) is 0 Å². The van der Waals surface area contributed by atoms with Gasteiger partial charge in [0.25, 0.3) is 0 Å². The average molecular weight is 287 g/mol. The van der Waals surface area contributed by atoms with Crippen LogP contribution < -0.4 is 0 Å². The fraction of sp³-hybridized carbons (Fsp3) is 1.00. The minimum Gasteiger partial charge on any atom is -0.397 e. The molecule has 0 saturated carbocycles. The molecule has 0 aliphatic carbocycles. The molecule has 0 atom stereocenters. The summed E-state index contributed by atoms with van der Waals surface area (Å²) in [5.41, 5.74) is 0. The monoisotopic (exact) mass is 286 g/mol. The van der Waals surface area contributed by atoms with Crippen LogP contribution in [-0.2, 0) is 0 Å². The van der Waals surface area contributed by atoms with Crippen molar-refractivity contribution >= 4 is 0 Å². The number of hydrogen-bond donors (Lipinski definition) is 1. The maximum atomic E-state index is 7.57. The van der Waals surface area contributed by atoms with Crippen molar-refractivity contribution in [3.63, 3.8) is 0 Å². The Morgan fingerprint density at radius 1 is 0.400 bits per heavy atom. The minimum absolute atomic E-state index is 0.250. The minimum atomic E-state index is 0.250. The fourth-order valence-electron chi connectivity index (χ4n) is 2.44. The van der Waals surface area contributed by atoms with Gasteiger partial charge in [-0.3, -0.25) is 0 Å². The standard InChI is InChI=1S/C17H36.C2H6O/c1-3-5-7-9-11-13-15-17-16-14-12-10-8-6-4-2;1-2-3/h3-17H2,1-2H3;3H,2H2,1H3. The van der Waals surface area contributed by atoms with Crippen molar-refractivity contribution < 1.29 is 5.11 Å². The highest BCUT2D eigenvalue weighted by atomic mass is 16.2. The molecular formula is C19H42O.